The van der Waals surface area contributed by atoms with Crippen LogP contribution in [-0.4, -0.2) is 5.84 Å². The van der Waals surface area contributed by atoms with Gasteiger partial charge in [-0.2, -0.15) is 0 Å². The zero-order valence-corrected chi connectivity index (χ0v) is 14.3. The standard InChI is InChI=1S/C23H22N2/c1-17(18-11-5-2-6-12-18)23-24-21(19-13-7-3-8-14-19)22(25-23)20-15-9-4-10-16-20/h2-17,21-22H,1H3,(H,24,25)/t17?,21-,22-/m1/s1. The van der Waals surface area contributed by atoms with E-state index in [1.165, 1.54) is 16.7 Å². The van der Waals surface area contributed by atoms with Gasteiger partial charge in [0.1, 0.15) is 11.9 Å². The van der Waals surface area contributed by atoms with Gasteiger partial charge < -0.3 is 5.32 Å². The highest BCUT2D eigenvalue weighted by Crippen LogP contribution is 2.38. The molecular weight excluding hydrogens is 304 g/mol. The molecule has 3 atom stereocenters. The van der Waals surface area contributed by atoms with Crippen molar-refractivity contribution in [2.45, 2.75) is 24.9 Å². The van der Waals surface area contributed by atoms with Crippen molar-refractivity contribution in [1.29, 1.82) is 0 Å². The fourth-order valence-corrected chi connectivity index (χ4v) is 3.48. The molecule has 0 fully saturated rings. The maximum absolute atomic E-state index is 5.10. The Kier molecular flexibility index (Phi) is 4.34. The minimum Gasteiger partial charge on any atom is -0.364 e. The van der Waals surface area contributed by atoms with Crippen LogP contribution in [0, 0.1) is 0 Å². The van der Waals surface area contributed by atoms with Gasteiger partial charge in [0.2, 0.25) is 0 Å². The van der Waals surface area contributed by atoms with E-state index in [-0.39, 0.29) is 18.0 Å². The highest BCUT2D eigenvalue weighted by Gasteiger charge is 2.33. The van der Waals surface area contributed by atoms with E-state index in [4.69, 9.17) is 4.99 Å². The highest BCUT2D eigenvalue weighted by molar-refractivity contribution is 5.91. The van der Waals surface area contributed by atoms with Crippen molar-refractivity contribution >= 4 is 5.84 Å². The molecule has 0 aromatic heterocycles. The first-order valence-corrected chi connectivity index (χ1v) is 8.82. The SMILES string of the molecule is CC(C1=N[C@H](c2ccccc2)[C@@H](c2ccccc2)N1)c1ccccc1. The van der Waals surface area contributed by atoms with Gasteiger partial charge in [0.15, 0.2) is 0 Å². The van der Waals surface area contributed by atoms with Gasteiger partial charge in [0, 0.05) is 5.92 Å². The van der Waals surface area contributed by atoms with Gasteiger partial charge in [0.05, 0.1) is 6.04 Å². The zero-order valence-electron chi connectivity index (χ0n) is 14.3. The van der Waals surface area contributed by atoms with Gasteiger partial charge in [-0.15, -0.1) is 0 Å². The van der Waals surface area contributed by atoms with Gasteiger partial charge >= 0.3 is 0 Å². The fraction of sp³-hybridized carbons (Fsp3) is 0.174. The minimum absolute atomic E-state index is 0.102. The summed E-state index contributed by atoms with van der Waals surface area (Å²) in [7, 11) is 0. The third-order valence-corrected chi connectivity index (χ3v) is 4.91. The normalized spacial score (nSPS) is 20.6. The molecular formula is C23H22N2. The molecule has 1 aliphatic rings. The van der Waals surface area contributed by atoms with Gasteiger partial charge in [-0.05, 0) is 16.7 Å². The van der Waals surface area contributed by atoms with Crippen molar-refractivity contribution < 1.29 is 0 Å². The Labute approximate surface area is 149 Å². The maximum Gasteiger partial charge on any atom is 0.105 e. The average molecular weight is 326 g/mol. The van der Waals surface area contributed by atoms with Crippen LogP contribution >= 0.6 is 0 Å². The van der Waals surface area contributed by atoms with Crippen LogP contribution in [0.2, 0.25) is 0 Å². The summed E-state index contributed by atoms with van der Waals surface area (Å²) in [4.78, 5) is 5.10. The molecule has 1 unspecified atom stereocenters. The molecule has 25 heavy (non-hydrogen) atoms. The van der Waals surface area contributed by atoms with Crippen LogP contribution in [-0.2, 0) is 0 Å². The molecule has 2 nitrogen and oxygen atoms in total. The smallest absolute Gasteiger partial charge is 0.105 e. The number of rotatable bonds is 4. The van der Waals surface area contributed by atoms with Crippen molar-refractivity contribution in [3.63, 3.8) is 0 Å². The molecule has 0 aliphatic carbocycles. The quantitative estimate of drug-likeness (QED) is 0.693. The topological polar surface area (TPSA) is 24.4 Å². The number of nitrogens with one attached hydrogen (secondary N) is 1. The number of aliphatic imine (C=N–C) groups is 1. The first-order chi connectivity index (χ1) is 12.3. The molecule has 124 valence electrons. The largest absolute Gasteiger partial charge is 0.364 e. The Hall–Kier alpha value is -2.87. The number of hydrogen-bond acceptors (Lipinski definition) is 2. The first kappa shape index (κ1) is 15.6. The summed E-state index contributed by atoms with van der Waals surface area (Å²) in [5, 5.41) is 3.70. The molecule has 3 aromatic carbocycles. The average Bonchev–Trinajstić information content (AvgIpc) is 3.15. The number of hydrogen-bond donors (Lipinski definition) is 1. The van der Waals surface area contributed by atoms with Crippen LogP contribution in [0.3, 0.4) is 0 Å². The summed E-state index contributed by atoms with van der Waals surface area (Å²) in [6.07, 6.45) is 0. The summed E-state index contributed by atoms with van der Waals surface area (Å²) in [6.45, 7) is 2.22. The monoisotopic (exact) mass is 326 g/mol. The third kappa shape index (κ3) is 3.20. The minimum atomic E-state index is 0.102. The van der Waals surface area contributed by atoms with E-state index in [1.54, 1.807) is 0 Å². The molecule has 0 spiro atoms. The number of benzene rings is 3. The van der Waals surface area contributed by atoms with E-state index in [2.05, 4.69) is 103 Å². The van der Waals surface area contributed by atoms with Crippen LogP contribution < -0.4 is 5.32 Å². The molecule has 0 amide bonds. The molecule has 0 saturated carbocycles. The van der Waals surface area contributed by atoms with Crippen LogP contribution in [0.25, 0.3) is 0 Å². The van der Waals surface area contributed by atoms with E-state index < -0.39 is 0 Å². The van der Waals surface area contributed by atoms with E-state index in [9.17, 15) is 0 Å². The maximum atomic E-state index is 5.10. The Morgan fingerprint density at radius 2 is 1.24 bits per heavy atom. The second kappa shape index (κ2) is 6.94. The molecule has 0 saturated heterocycles. The Morgan fingerprint density at radius 3 is 1.84 bits per heavy atom. The molecule has 0 bridgehead atoms. The Morgan fingerprint density at radius 1 is 0.720 bits per heavy atom. The lowest BCUT2D eigenvalue weighted by molar-refractivity contribution is 0.571. The summed E-state index contributed by atoms with van der Waals surface area (Å²) in [5.41, 5.74) is 3.81. The van der Waals surface area contributed by atoms with Gasteiger partial charge in [-0.25, -0.2) is 0 Å². The summed E-state index contributed by atoms with van der Waals surface area (Å²) in [6, 6.07) is 32.0. The molecule has 3 aromatic rings. The summed E-state index contributed by atoms with van der Waals surface area (Å²) >= 11 is 0. The van der Waals surface area contributed by atoms with E-state index >= 15 is 0 Å². The predicted octanol–water partition coefficient (Wildman–Crippen LogP) is 5.27. The second-order valence-corrected chi connectivity index (χ2v) is 6.53. The molecule has 1 N–H and O–H groups in total. The fourth-order valence-electron chi connectivity index (χ4n) is 3.48. The van der Waals surface area contributed by atoms with Crippen LogP contribution in [0.5, 0.6) is 0 Å². The molecule has 1 aliphatic heterocycles. The molecule has 0 radical (unpaired) electrons. The lowest BCUT2D eigenvalue weighted by atomic mass is 9.95. The zero-order chi connectivity index (χ0) is 17.1. The van der Waals surface area contributed by atoms with Crippen LogP contribution in [0.15, 0.2) is 96.0 Å². The van der Waals surface area contributed by atoms with Gasteiger partial charge in [-0.1, -0.05) is 97.9 Å². The Bertz CT molecular complexity index is 841. The number of nitrogens with zero attached hydrogens (tertiary/aromatic N) is 1. The molecule has 4 rings (SSSR count). The van der Waals surface area contributed by atoms with Crippen molar-refractivity contribution in [1.82, 2.24) is 5.32 Å². The summed E-state index contributed by atoms with van der Waals surface area (Å²) < 4.78 is 0. The van der Waals surface area contributed by atoms with Crippen LogP contribution in [0.4, 0.5) is 0 Å². The third-order valence-electron chi connectivity index (χ3n) is 4.91. The van der Waals surface area contributed by atoms with Crippen molar-refractivity contribution in [2.24, 2.45) is 4.99 Å². The van der Waals surface area contributed by atoms with E-state index in [1.807, 2.05) is 0 Å². The number of amidine groups is 1. The lowest BCUT2D eigenvalue weighted by Gasteiger charge is -2.20. The molecule has 2 heteroatoms. The van der Waals surface area contributed by atoms with Gasteiger partial charge in [0.25, 0.3) is 0 Å². The van der Waals surface area contributed by atoms with E-state index in [0.29, 0.717) is 0 Å². The van der Waals surface area contributed by atoms with Crippen molar-refractivity contribution in [3.05, 3.63) is 108 Å². The predicted molar refractivity (Wildman–Crippen MR) is 104 cm³/mol. The molecule has 1 heterocycles. The summed E-state index contributed by atoms with van der Waals surface area (Å²) in [5.74, 6) is 1.31. The van der Waals surface area contributed by atoms with Crippen LogP contribution in [0.1, 0.15) is 41.6 Å². The van der Waals surface area contributed by atoms with E-state index in [0.717, 1.165) is 5.84 Å². The highest BCUT2D eigenvalue weighted by atomic mass is 15.1. The van der Waals surface area contributed by atoms with Crippen molar-refractivity contribution in [3.8, 4) is 0 Å². The Balaban J connectivity index is 1.70. The lowest BCUT2D eigenvalue weighted by Crippen LogP contribution is -2.27. The van der Waals surface area contributed by atoms with Gasteiger partial charge in [-0.3, -0.25) is 4.99 Å². The van der Waals surface area contributed by atoms with Crippen molar-refractivity contribution in [2.75, 3.05) is 0 Å². The second-order valence-electron chi connectivity index (χ2n) is 6.53. The first-order valence-electron chi connectivity index (χ1n) is 8.82.